The summed E-state index contributed by atoms with van der Waals surface area (Å²) in [6, 6.07) is 10.3. The van der Waals surface area contributed by atoms with Gasteiger partial charge in [-0.3, -0.25) is 0 Å². The van der Waals surface area contributed by atoms with Gasteiger partial charge in [-0.15, -0.1) is 0 Å². The normalized spacial score (nSPS) is 12.1. The van der Waals surface area contributed by atoms with Gasteiger partial charge in [0, 0.05) is 37.8 Å². The van der Waals surface area contributed by atoms with Crippen LogP contribution in [0.5, 0.6) is 0 Å². The minimum atomic E-state index is -0.0419. The van der Waals surface area contributed by atoms with E-state index in [0.29, 0.717) is 12.4 Å². The van der Waals surface area contributed by atoms with E-state index in [1.165, 1.54) is 5.69 Å². The lowest BCUT2D eigenvalue weighted by Crippen LogP contribution is -2.41. The zero-order valence-electron chi connectivity index (χ0n) is 16.5. The van der Waals surface area contributed by atoms with Gasteiger partial charge in [-0.05, 0) is 19.1 Å². The molecule has 0 atom stereocenters. The second-order valence-corrected chi connectivity index (χ2v) is 7.25. The summed E-state index contributed by atoms with van der Waals surface area (Å²) in [5, 5.41) is 6.61. The van der Waals surface area contributed by atoms with Gasteiger partial charge in [0.05, 0.1) is 6.20 Å². The van der Waals surface area contributed by atoms with Gasteiger partial charge < -0.3 is 20.0 Å². The monoisotopic (exact) mass is 357 g/mol. The summed E-state index contributed by atoms with van der Waals surface area (Å²) in [4.78, 5) is 11.1. The number of guanidine groups is 1. The molecule has 0 unspecified atom stereocenters. The van der Waals surface area contributed by atoms with Gasteiger partial charge in [0.2, 0.25) is 5.89 Å². The fourth-order valence-corrected chi connectivity index (χ4v) is 2.37. The molecule has 0 aliphatic rings. The van der Waals surface area contributed by atoms with Crippen molar-refractivity contribution in [1.82, 2.24) is 15.6 Å². The van der Waals surface area contributed by atoms with Gasteiger partial charge in [0.25, 0.3) is 0 Å². The Labute approximate surface area is 156 Å². The third-order valence-corrected chi connectivity index (χ3v) is 3.95. The van der Waals surface area contributed by atoms with E-state index in [4.69, 9.17) is 4.42 Å². The highest BCUT2D eigenvalue weighted by atomic mass is 16.4. The predicted octanol–water partition coefficient (Wildman–Crippen LogP) is 3.16. The molecule has 0 spiro atoms. The highest BCUT2D eigenvalue weighted by Gasteiger charge is 2.19. The first-order chi connectivity index (χ1) is 12.4. The lowest BCUT2D eigenvalue weighted by atomic mass is 9.94. The maximum absolute atomic E-state index is 5.80. The number of rotatable bonds is 7. The van der Waals surface area contributed by atoms with E-state index in [1.54, 1.807) is 6.20 Å². The van der Waals surface area contributed by atoms with Crippen molar-refractivity contribution in [3.63, 3.8) is 0 Å². The summed E-state index contributed by atoms with van der Waals surface area (Å²) >= 11 is 0. The number of oxazole rings is 1. The van der Waals surface area contributed by atoms with Crippen molar-refractivity contribution in [3.8, 4) is 0 Å². The Kier molecular flexibility index (Phi) is 7.06. The molecule has 0 fully saturated rings. The smallest absolute Gasteiger partial charge is 0.216 e. The number of hydrogen-bond acceptors (Lipinski definition) is 4. The number of aliphatic imine (C=N–C) groups is 1. The van der Waals surface area contributed by atoms with Crippen LogP contribution in [0.25, 0.3) is 0 Å². The predicted molar refractivity (Wildman–Crippen MR) is 108 cm³/mol. The molecule has 1 heterocycles. The van der Waals surface area contributed by atoms with Crippen molar-refractivity contribution in [3.05, 3.63) is 48.2 Å². The molecule has 1 aromatic carbocycles. The highest BCUT2D eigenvalue weighted by Crippen LogP contribution is 2.22. The molecule has 2 rings (SSSR count). The van der Waals surface area contributed by atoms with Crippen LogP contribution in [0.3, 0.4) is 0 Å². The fraction of sp³-hybridized carbons (Fsp3) is 0.500. The van der Waals surface area contributed by atoms with E-state index in [2.05, 4.69) is 72.4 Å². The first kappa shape index (κ1) is 19.8. The molecule has 0 aliphatic heterocycles. The topological polar surface area (TPSA) is 65.7 Å². The summed E-state index contributed by atoms with van der Waals surface area (Å²) < 4.78 is 5.80. The Hall–Kier alpha value is -2.50. The molecule has 0 aliphatic carbocycles. The highest BCUT2D eigenvalue weighted by molar-refractivity contribution is 5.79. The maximum atomic E-state index is 5.80. The average molecular weight is 358 g/mol. The summed E-state index contributed by atoms with van der Waals surface area (Å²) in [6.45, 7) is 11.3. The molecule has 6 heteroatoms. The van der Waals surface area contributed by atoms with Gasteiger partial charge in [0.15, 0.2) is 5.96 Å². The molecule has 0 amide bonds. The number of nitrogens with one attached hydrogen (secondary N) is 2. The number of hydrogen-bond donors (Lipinski definition) is 2. The molecule has 1 aromatic heterocycles. The van der Waals surface area contributed by atoms with Gasteiger partial charge >= 0.3 is 0 Å². The van der Waals surface area contributed by atoms with Gasteiger partial charge in [-0.1, -0.05) is 39.0 Å². The first-order valence-electron chi connectivity index (χ1n) is 9.13. The fourth-order valence-electron chi connectivity index (χ4n) is 2.37. The van der Waals surface area contributed by atoms with Crippen LogP contribution in [0.4, 0.5) is 5.69 Å². The molecular weight excluding hydrogens is 326 g/mol. The van der Waals surface area contributed by atoms with Gasteiger partial charge in [0.1, 0.15) is 12.3 Å². The Morgan fingerprint density at radius 2 is 1.92 bits per heavy atom. The Balaban J connectivity index is 1.87. The van der Waals surface area contributed by atoms with Crippen molar-refractivity contribution in [2.75, 3.05) is 31.6 Å². The number of benzene rings is 1. The molecule has 2 aromatic rings. The van der Waals surface area contributed by atoms with E-state index in [1.807, 2.05) is 18.2 Å². The van der Waals surface area contributed by atoms with E-state index in [-0.39, 0.29) is 5.41 Å². The van der Waals surface area contributed by atoms with Crippen molar-refractivity contribution < 1.29 is 4.42 Å². The van der Waals surface area contributed by atoms with Crippen LogP contribution in [0.1, 0.15) is 39.3 Å². The molecule has 0 saturated carbocycles. The van der Waals surface area contributed by atoms with Crippen molar-refractivity contribution >= 4 is 11.6 Å². The van der Waals surface area contributed by atoms with Crippen LogP contribution in [0, 0.1) is 0 Å². The lowest BCUT2D eigenvalue weighted by Gasteiger charge is -2.20. The van der Waals surface area contributed by atoms with Crippen LogP contribution in [0.2, 0.25) is 0 Å². The van der Waals surface area contributed by atoms with Crippen LogP contribution >= 0.6 is 0 Å². The SMILES string of the molecule is CCNC(=NCc1ncc(C(C)(C)C)o1)NCCN(C)c1ccccc1. The van der Waals surface area contributed by atoms with Crippen molar-refractivity contribution in [2.45, 2.75) is 39.7 Å². The van der Waals surface area contributed by atoms with E-state index in [0.717, 1.165) is 31.4 Å². The summed E-state index contributed by atoms with van der Waals surface area (Å²) in [5.41, 5.74) is 1.16. The zero-order valence-corrected chi connectivity index (χ0v) is 16.5. The van der Waals surface area contributed by atoms with Crippen LogP contribution < -0.4 is 15.5 Å². The van der Waals surface area contributed by atoms with Crippen LogP contribution in [0.15, 0.2) is 45.9 Å². The number of aromatic nitrogens is 1. The third-order valence-electron chi connectivity index (χ3n) is 3.95. The number of nitrogens with zero attached hydrogens (tertiary/aromatic N) is 3. The molecular formula is C20H31N5O. The molecule has 0 radical (unpaired) electrons. The maximum Gasteiger partial charge on any atom is 0.216 e. The van der Waals surface area contributed by atoms with E-state index in [9.17, 15) is 0 Å². The minimum absolute atomic E-state index is 0.0419. The Bertz CT molecular complexity index is 688. The molecule has 0 bridgehead atoms. The van der Waals surface area contributed by atoms with Gasteiger partial charge in [-0.2, -0.15) is 0 Å². The molecule has 6 nitrogen and oxygen atoms in total. The van der Waals surface area contributed by atoms with E-state index < -0.39 is 0 Å². The number of anilines is 1. The quantitative estimate of drug-likeness (QED) is 0.589. The average Bonchev–Trinajstić information content (AvgIpc) is 3.10. The second kappa shape index (κ2) is 9.27. The lowest BCUT2D eigenvalue weighted by molar-refractivity contribution is 0.383. The molecule has 26 heavy (non-hydrogen) atoms. The zero-order chi connectivity index (χ0) is 19.0. The molecule has 2 N–H and O–H groups in total. The van der Waals surface area contributed by atoms with Crippen molar-refractivity contribution in [2.24, 2.45) is 4.99 Å². The summed E-state index contributed by atoms with van der Waals surface area (Å²) in [6.07, 6.45) is 1.79. The number of likely N-dealkylation sites (N-methyl/N-ethyl adjacent to an activating group) is 1. The molecule has 142 valence electrons. The largest absolute Gasteiger partial charge is 0.443 e. The second-order valence-electron chi connectivity index (χ2n) is 7.25. The van der Waals surface area contributed by atoms with Crippen LogP contribution in [-0.4, -0.2) is 37.6 Å². The van der Waals surface area contributed by atoms with Crippen LogP contribution in [-0.2, 0) is 12.0 Å². The minimum Gasteiger partial charge on any atom is -0.443 e. The van der Waals surface area contributed by atoms with Gasteiger partial charge in [-0.25, -0.2) is 9.98 Å². The third kappa shape index (κ3) is 6.10. The summed E-state index contributed by atoms with van der Waals surface area (Å²) in [5.74, 6) is 2.28. The standard InChI is InChI=1S/C20H31N5O/c1-6-21-19(22-12-13-25(5)16-10-8-7-9-11-16)24-15-18-23-14-17(26-18)20(2,3)4/h7-11,14H,6,12-13,15H2,1-5H3,(H2,21,22,24). The first-order valence-corrected chi connectivity index (χ1v) is 9.13. The number of para-hydroxylation sites is 1. The summed E-state index contributed by atoms with van der Waals surface area (Å²) in [7, 11) is 2.09. The molecule has 0 saturated heterocycles. The van der Waals surface area contributed by atoms with E-state index >= 15 is 0 Å². The Morgan fingerprint density at radius 3 is 2.54 bits per heavy atom. The Morgan fingerprint density at radius 1 is 1.19 bits per heavy atom. The van der Waals surface area contributed by atoms with Crippen molar-refractivity contribution in [1.29, 1.82) is 0 Å².